The zero-order valence-electron chi connectivity index (χ0n) is 12.2. The van der Waals surface area contributed by atoms with E-state index in [1.807, 2.05) is 30.3 Å². The minimum absolute atomic E-state index is 0.273. The molecular formula is C17H16ClNO4. The van der Waals surface area contributed by atoms with Crippen LogP contribution in [0.25, 0.3) is 0 Å². The second-order valence-electron chi connectivity index (χ2n) is 4.89. The molecule has 2 N–H and O–H groups in total. The van der Waals surface area contributed by atoms with Crippen molar-refractivity contribution >= 4 is 23.5 Å². The lowest BCUT2D eigenvalue weighted by Gasteiger charge is -2.14. The van der Waals surface area contributed by atoms with Crippen LogP contribution in [0.1, 0.15) is 12.0 Å². The topological polar surface area (TPSA) is 75.6 Å². The van der Waals surface area contributed by atoms with Gasteiger partial charge in [0.1, 0.15) is 11.8 Å². The third-order valence-corrected chi connectivity index (χ3v) is 3.36. The molecule has 6 heteroatoms. The second-order valence-corrected chi connectivity index (χ2v) is 5.33. The minimum atomic E-state index is -1.10. The molecule has 0 aliphatic carbocycles. The zero-order valence-corrected chi connectivity index (χ0v) is 13.0. The number of carboxylic acids is 1. The van der Waals surface area contributed by atoms with Crippen LogP contribution in [0, 0.1) is 0 Å². The van der Waals surface area contributed by atoms with Gasteiger partial charge in [0, 0.05) is 11.6 Å². The van der Waals surface area contributed by atoms with Gasteiger partial charge in [0.2, 0.25) is 0 Å². The smallest absolute Gasteiger partial charge is 0.321 e. The maximum absolute atomic E-state index is 11.9. The average Bonchev–Trinajstić information content (AvgIpc) is 2.54. The highest BCUT2D eigenvalue weighted by molar-refractivity contribution is 6.30. The van der Waals surface area contributed by atoms with Crippen LogP contribution in [0.15, 0.2) is 54.6 Å². The molecule has 2 aromatic rings. The van der Waals surface area contributed by atoms with Crippen molar-refractivity contribution in [3.05, 3.63) is 65.2 Å². The lowest BCUT2D eigenvalue weighted by molar-refractivity contribution is -0.144. The zero-order chi connectivity index (χ0) is 16.7. The maximum atomic E-state index is 11.9. The summed E-state index contributed by atoms with van der Waals surface area (Å²) in [6, 6.07) is 14.6. The third kappa shape index (κ3) is 5.73. The number of aliphatic carboxylic acids is 1. The second kappa shape index (κ2) is 8.31. The predicted octanol–water partition coefficient (Wildman–Crippen LogP) is 2.88. The van der Waals surface area contributed by atoms with Gasteiger partial charge in [-0.15, -0.1) is 0 Å². The molecule has 120 valence electrons. The van der Waals surface area contributed by atoms with Gasteiger partial charge in [-0.2, -0.15) is 0 Å². The molecule has 0 amide bonds. The van der Waals surface area contributed by atoms with Crippen LogP contribution in [0.5, 0.6) is 5.75 Å². The van der Waals surface area contributed by atoms with Gasteiger partial charge in [0.15, 0.2) is 0 Å². The number of nitrogens with one attached hydrogen (secondary N) is 1. The molecule has 0 spiro atoms. The van der Waals surface area contributed by atoms with Gasteiger partial charge in [-0.3, -0.25) is 14.9 Å². The number of ether oxygens (including phenoxy) is 1. The van der Waals surface area contributed by atoms with Gasteiger partial charge in [-0.25, -0.2) is 0 Å². The molecule has 0 aliphatic rings. The lowest BCUT2D eigenvalue weighted by atomic mass is 10.1. The molecule has 5 nitrogen and oxygen atoms in total. The van der Waals surface area contributed by atoms with Crippen molar-refractivity contribution in [1.82, 2.24) is 5.32 Å². The number of carboxylic acid groups (broad SMARTS) is 1. The fourth-order valence-electron chi connectivity index (χ4n) is 1.93. The summed E-state index contributed by atoms with van der Waals surface area (Å²) in [4.78, 5) is 23.1. The molecule has 0 aromatic heterocycles. The SMILES string of the molecule is O=C(CC(NCc1ccccc1)C(=O)O)Oc1ccc(Cl)cc1. The van der Waals surface area contributed by atoms with Crippen molar-refractivity contribution in [2.75, 3.05) is 0 Å². The summed E-state index contributed by atoms with van der Waals surface area (Å²) < 4.78 is 5.10. The number of rotatable bonds is 7. The van der Waals surface area contributed by atoms with E-state index in [1.54, 1.807) is 24.3 Å². The van der Waals surface area contributed by atoms with Crippen LogP contribution in [-0.2, 0) is 16.1 Å². The van der Waals surface area contributed by atoms with Gasteiger partial charge in [0.25, 0.3) is 0 Å². The monoisotopic (exact) mass is 333 g/mol. The summed E-state index contributed by atoms with van der Waals surface area (Å²) in [7, 11) is 0. The van der Waals surface area contributed by atoms with Crippen molar-refractivity contribution in [3.63, 3.8) is 0 Å². The van der Waals surface area contributed by atoms with Crippen molar-refractivity contribution in [1.29, 1.82) is 0 Å². The van der Waals surface area contributed by atoms with Crippen LogP contribution < -0.4 is 10.1 Å². The van der Waals surface area contributed by atoms with Gasteiger partial charge in [0.05, 0.1) is 6.42 Å². The highest BCUT2D eigenvalue weighted by Crippen LogP contribution is 2.16. The molecular weight excluding hydrogens is 318 g/mol. The molecule has 2 rings (SSSR count). The van der Waals surface area contributed by atoms with Crippen LogP contribution in [-0.4, -0.2) is 23.1 Å². The number of hydrogen-bond acceptors (Lipinski definition) is 4. The summed E-state index contributed by atoms with van der Waals surface area (Å²) >= 11 is 5.75. The Balaban J connectivity index is 1.89. The van der Waals surface area contributed by atoms with E-state index >= 15 is 0 Å². The van der Waals surface area contributed by atoms with E-state index in [4.69, 9.17) is 16.3 Å². The molecule has 0 aliphatic heterocycles. The summed E-state index contributed by atoms with van der Waals surface area (Å²) in [5.74, 6) is -1.40. The number of hydrogen-bond donors (Lipinski definition) is 2. The summed E-state index contributed by atoms with van der Waals surface area (Å²) in [5, 5.41) is 12.6. The van der Waals surface area contributed by atoms with Crippen LogP contribution in [0.4, 0.5) is 0 Å². The van der Waals surface area contributed by atoms with E-state index in [1.165, 1.54) is 0 Å². The van der Waals surface area contributed by atoms with E-state index in [0.717, 1.165) is 5.56 Å². The van der Waals surface area contributed by atoms with Gasteiger partial charge in [-0.05, 0) is 29.8 Å². The molecule has 0 heterocycles. The van der Waals surface area contributed by atoms with Crippen molar-refractivity contribution in [2.45, 2.75) is 19.0 Å². The molecule has 0 saturated carbocycles. The molecule has 1 unspecified atom stereocenters. The molecule has 0 radical (unpaired) electrons. The Morgan fingerprint density at radius 2 is 1.74 bits per heavy atom. The van der Waals surface area contributed by atoms with Gasteiger partial charge < -0.3 is 9.84 Å². The predicted molar refractivity (Wildman–Crippen MR) is 86.4 cm³/mol. The Bertz CT molecular complexity index is 658. The molecule has 0 bridgehead atoms. The largest absolute Gasteiger partial charge is 0.480 e. The highest BCUT2D eigenvalue weighted by Gasteiger charge is 2.22. The molecule has 23 heavy (non-hydrogen) atoms. The fraction of sp³-hybridized carbons (Fsp3) is 0.176. The average molecular weight is 334 g/mol. The van der Waals surface area contributed by atoms with E-state index in [-0.39, 0.29) is 6.42 Å². The molecule has 1 atom stereocenters. The first-order valence-electron chi connectivity index (χ1n) is 7.01. The number of halogens is 1. The van der Waals surface area contributed by atoms with E-state index in [0.29, 0.717) is 17.3 Å². The van der Waals surface area contributed by atoms with Crippen molar-refractivity contribution in [3.8, 4) is 5.75 Å². The summed E-state index contributed by atoms with van der Waals surface area (Å²) in [5.41, 5.74) is 0.935. The third-order valence-electron chi connectivity index (χ3n) is 3.11. The van der Waals surface area contributed by atoms with Crippen LogP contribution >= 0.6 is 11.6 Å². The number of carbonyl (C=O) groups excluding carboxylic acids is 1. The van der Waals surface area contributed by atoms with Crippen molar-refractivity contribution in [2.24, 2.45) is 0 Å². The standard InChI is InChI=1S/C17H16ClNO4/c18-13-6-8-14(9-7-13)23-16(20)10-15(17(21)22)19-11-12-4-2-1-3-5-12/h1-9,15,19H,10-11H2,(H,21,22). The Morgan fingerprint density at radius 1 is 1.09 bits per heavy atom. The van der Waals surface area contributed by atoms with E-state index in [2.05, 4.69) is 5.32 Å². The molecule has 0 saturated heterocycles. The van der Waals surface area contributed by atoms with Crippen LogP contribution in [0.3, 0.4) is 0 Å². The Labute approximate surface area is 138 Å². The van der Waals surface area contributed by atoms with E-state index in [9.17, 15) is 14.7 Å². The Kier molecular flexibility index (Phi) is 6.14. The fourth-order valence-corrected chi connectivity index (χ4v) is 2.05. The first-order valence-corrected chi connectivity index (χ1v) is 7.39. The first-order chi connectivity index (χ1) is 11.0. The Morgan fingerprint density at radius 3 is 2.35 bits per heavy atom. The summed E-state index contributed by atoms with van der Waals surface area (Å²) in [6.45, 7) is 0.353. The highest BCUT2D eigenvalue weighted by atomic mass is 35.5. The van der Waals surface area contributed by atoms with Gasteiger partial charge in [-0.1, -0.05) is 41.9 Å². The lowest BCUT2D eigenvalue weighted by Crippen LogP contribution is -2.38. The Hall–Kier alpha value is -2.37. The van der Waals surface area contributed by atoms with Crippen LogP contribution in [0.2, 0.25) is 5.02 Å². The summed E-state index contributed by atoms with van der Waals surface area (Å²) in [6.07, 6.45) is -0.273. The maximum Gasteiger partial charge on any atom is 0.321 e. The quantitative estimate of drug-likeness (QED) is 0.602. The first kappa shape index (κ1) is 17.0. The number of carbonyl (C=O) groups is 2. The normalized spacial score (nSPS) is 11.7. The minimum Gasteiger partial charge on any atom is -0.480 e. The molecule has 0 fully saturated rings. The molecule has 2 aromatic carbocycles. The number of esters is 1. The number of benzene rings is 2. The van der Waals surface area contributed by atoms with Crippen molar-refractivity contribution < 1.29 is 19.4 Å². The van der Waals surface area contributed by atoms with Gasteiger partial charge >= 0.3 is 11.9 Å². The van der Waals surface area contributed by atoms with E-state index < -0.39 is 18.0 Å².